The molecule has 0 aromatic heterocycles. The summed E-state index contributed by atoms with van der Waals surface area (Å²) < 4.78 is 5.43. The number of nitrogens with one attached hydrogen (secondary N) is 1. The summed E-state index contributed by atoms with van der Waals surface area (Å²) in [7, 11) is 0. The highest BCUT2D eigenvalue weighted by Crippen LogP contribution is 2.44. The van der Waals surface area contributed by atoms with Gasteiger partial charge in [0.1, 0.15) is 12.3 Å². The van der Waals surface area contributed by atoms with Crippen LogP contribution in [0.4, 0.5) is 16.2 Å². The molecule has 4 rings (SSSR count). The highest BCUT2D eigenvalue weighted by Gasteiger charge is 2.28. The van der Waals surface area contributed by atoms with E-state index in [1.54, 1.807) is 6.07 Å². The van der Waals surface area contributed by atoms with E-state index >= 15 is 0 Å². The van der Waals surface area contributed by atoms with E-state index in [2.05, 4.69) is 41.4 Å². The van der Waals surface area contributed by atoms with E-state index in [1.807, 2.05) is 24.3 Å². The van der Waals surface area contributed by atoms with Crippen molar-refractivity contribution >= 4 is 17.5 Å². The van der Waals surface area contributed by atoms with Gasteiger partial charge in [-0.25, -0.2) is 4.79 Å². The van der Waals surface area contributed by atoms with E-state index in [0.717, 1.165) is 22.3 Å². The Hall–Kier alpha value is -4.31. The Morgan fingerprint density at radius 2 is 1.71 bits per heavy atom. The van der Waals surface area contributed by atoms with Crippen molar-refractivity contribution < 1.29 is 14.5 Å². The SMILES string of the molecule is Nc1ccc(C#CCNC(=O)OCC2c3ccccc3-c3ccccc32)cc1[N+](=O)[O-]. The normalized spacial score (nSPS) is 11.6. The van der Waals surface area contributed by atoms with Crippen LogP contribution in [0.5, 0.6) is 0 Å². The molecule has 3 N–H and O–H groups in total. The summed E-state index contributed by atoms with van der Waals surface area (Å²) in [4.78, 5) is 22.5. The predicted molar refractivity (Wildman–Crippen MR) is 117 cm³/mol. The molecular weight excluding hydrogens is 394 g/mol. The van der Waals surface area contributed by atoms with Gasteiger partial charge in [0, 0.05) is 17.5 Å². The number of carbonyl (C=O) groups is 1. The number of ether oxygens (including phenoxy) is 1. The smallest absolute Gasteiger partial charge is 0.407 e. The molecule has 0 aliphatic heterocycles. The fraction of sp³-hybridized carbons (Fsp3) is 0.125. The third kappa shape index (κ3) is 4.19. The van der Waals surface area contributed by atoms with Crippen molar-refractivity contribution in [3.05, 3.63) is 93.5 Å². The quantitative estimate of drug-likeness (QED) is 0.290. The number of nitro groups is 1. The summed E-state index contributed by atoms with van der Waals surface area (Å²) in [5.41, 5.74) is 10.5. The zero-order valence-electron chi connectivity index (χ0n) is 16.5. The number of nitrogens with zero attached hydrogens (tertiary/aromatic N) is 1. The Balaban J connectivity index is 1.35. The van der Waals surface area contributed by atoms with Crippen LogP contribution in [0, 0.1) is 22.0 Å². The summed E-state index contributed by atoms with van der Waals surface area (Å²) >= 11 is 0. The maximum absolute atomic E-state index is 12.1. The fourth-order valence-electron chi connectivity index (χ4n) is 3.69. The number of nitro benzene ring substituents is 1. The van der Waals surface area contributed by atoms with Gasteiger partial charge >= 0.3 is 6.09 Å². The molecule has 3 aromatic carbocycles. The van der Waals surface area contributed by atoms with Crippen molar-refractivity contribution in [2.24, 2.45) is 0 Å². The van der Waals surface area contributed by atoms with Crippen LogP contribution < -0.4 is 11.1 Å². The van der Waals surface area contributed by atoms with Gasteiger partial charge in [0.15, 0.2) is 0 Å². The maximum atomic E-state index is 12.1. The minimum absolute atomic E-state index is 0.0143. The molecule has 1 aliphatic rings. The minimum atomic E-state index is -0.570. The summed E-state index contributed by atoms with van der Waals surface area (Å²) in [6.07, 6.45) is -0.570. The van der Waals surface area contributed by atoms with Crippen molar-refractivity contribution in [2.75, 3.05) is 18.9 Å². The summed E-state index contributed by atoms with van der Waals surface area (Å²) in [6.45, 7) is 0.270. The standard InChI is InChI=1S/C24H19N3O4/c25-22-12-11-16(14-23(22)27(29)30)6-5-13-26-24(28)31-15-21-19-9-3-1-7-17(19)18-8-2-4-10-20(18)21/h1-4,7-12,14,21H,13,15,25H2,(H,26,28). The molecule has 0 heterocycles. The van der Waals surface area contributed by atoms with Crippen molar-refractivity contribution in [3.8, 4) is 23.0 Å². The second-order valence-corrected chi connectivity index (χ2v) is 7.01. The molecule has 0 radical (unpaired) electrons. The molecule has 1 aliphatic carbocycles. The molecule has 0 atom stereocenters. The monoisotopic (exact) mass is 413 g/mol. The van der Waals surface area contributed by atoms with Crippen LogP contribution in [-0.4, -0.2) is 24.2 Å². The highest BCUT2D eigenvalue weighted by molar-refractivity contribution is 5.79. The Labute approximate surface area is 179 Å². The number of alkyl carbamates (subject to hydrolysis) is 1. The topological polar surface area (TPSA) is 107 Å². The molecule has 0 spiro atoms. The second kappa shape index (κ2) is 8.59. The van der Waals surface area contributed by atoms with Crippen molar-refractivity contribution in [3.63, 3.8) is 0 Å². The zero-order chi connectivity index (χ0) is 21.8. The molecule has 7 heteroatoms. The molecule has 3 aromatic rings. The molecule has 0 unspecified atom stereocenters. The number of benzene rings is 3. The first-order valence-corrected chi connectivity index (χ1v) is 9.66. The largest absolute Gasteiger partial charge is 0.449 e. The second-order valence-electron chi connectivity index (χ2n) is 7.01. The maximum Gasteiger partial charge on any atom is 0.407 e. The number of carbonyl (C=O) groups excluding carboxylic acids is 1. The molecular formula is C24H19N3O4. The fourth-order valence-corrected chi connectivity index (χ4v) is 3.69. The lowest BCUT2D eigenvalue weighted by atomic mass is 9.98. The zero-order valence-corrected chi connectivity index (χ0v) is 16.5. The van der Waals surface area contributed by atoms with E-state index in [-0.39, 0.29) is 30.4 Å². The van der Waals surface area contributed by atoms with Gasteiger partial charge in [0.2, 0.25) is 0 Å². The van der Waals surface area contributed by atoms with Crippen molar-refractivity contribution in [1.29, 1.82) is 0 Å². The van der Waals surface area contributed by atoms with Crippen LogP contribution in [0.3, 0.4) is 0 Å². The number of fused-ring (bicyclic) bond motifs is 3. The van der Waals surface area contributed by atoms with Gasteiger partial charge in [-0.1, -0.05) is 60.4 Å². The van der Waals surface area contributed by atoms with Gasteiger partial charge in [0.05, 0.1) is 11.5 Å². The van der Waals surface area contributed by atoms with Crippen LogP contribution in [0.15, 0.2) is 66.7 Å². The van der Waals surface area contributed by atoms with Gasteiger partial charge < -0.3 is 15.8 Å². The number of amides is 1. The Morgan fingerprint density at radius 1 is 1.06 bits per heavy atom. The van der Waals surface area contributed by atoms with Crippen molar-refractivity contribution in [1.82, 2.24) is 5.32 Å². The lowest BCUT2D eigenvalue weighted by molar-refractivity contribution is -0.383. The molecule has 7 nitrogen and oxygen atoms in total. The van der Waals surface area contributed by atoms with Crippen molar-refractivity contribution in [2.45, 2.75) is 5.92 Å². The molecule has 0 fully saturated rings. The number of nitrogen functional groups attached to an aromatic ring is 1. The highest BCUT2D eigenvalue weighted by atomic mass is 16.6. The van der Waals surface area contributed by atoms with E-state index in [0.29, 0.717) is 5.56 Å². The Bertz CT molecular complexity index is 1180. The molecule has 0 bridgehead atoms. The van der Waals surface area contributed by atoms with E-state index in [1.165, 1.54) is 12.1 Å². The van der Waals surface area contributed by atoms with Gasteiger partial charge in [0.25, 0.3) is 5.69 Å². The van der Waals surface area contributed by atoms with Crippen LogP contribution in [-0.2, 0) is 4.74 Å². The Kier molecular flexibility index (Phi) is 5.54. The lowest BCUT2D eigenvalue weighted by Crippen LogP contribution is -2.26. The van der Waals surface area contributed by atoms with Gasteiger partial charge in [-0.2, -0.15) is 0 Å². The lowest BCUT2D eigenvalue weighted by Gasteiger charge is -2.14. The first-order chi connectivity index (χ1) is 15.0. The average molecular weight is 413 g/mol. The number of hydrogen-bond donors (Lipinski definition) is 2. The molecule has 0 saturated carbocycles. The van der Waals surface area contributed by atoms with Gasteiger partial charge in [-0.3, -0.25) is 10.1 Å². The molecule has 154 valence electrons. The van der Waals surface area contributed by atoms with Gasteiger partial charge in [-0.05, 0) is 34.4 Å². The van der Waals surface area contributed by atoms with Crippen LogP contribution in [0.25, 0.3) is 11.1 Å². The molecule has 0 saturated heterocycles. The summed E-state index contributed by atoms with van der Waals surface area (Å²) in [5, 5.41) is 13.5. The number of rotatable bonds is 4. The summed E-state index contributed by atoms with van der Waals surface area (Å²) in [5.74, 6) is 5.50. The minimum Gasteiger partial charge on any atom is -0.449 e. The first-order valence-electron chi connectivity index (χ1n) is 9.66. The van der Waals surface area contributed by atoms with E-state index in [9.17, 15) is 14.9 Å². The first kappa shape index (κ1) is 20.0. The van der Waals surface area contributed by atoms with Crippen LogP contribution in [0.1, 0.15) is 22.6 Å². The summed E-state index contributed by atoms with van der Waals surface area (Å²) in [6, 6.07) is 20.5. The van der Waals surface area contributed by atoms with Crippen LogP contribution in [0.2, 0.25) is 0 Å². The van der Waals surface area contributed by atoms with E-state index in [4.69, 9.17) is 10.5 Å². The third-order valence-electron chi connectivity index (χ3n) is 5.12. The molecule has 1 amide bonds. The number of hydrogen-bond acceptors (Lipinski definition) is 5. The third-order valence-corrected chi connectivity index (χ3v) is 5.12. The average Bonchev–Trinajstić information content (AvgIpc) is 3.10. The number of nitrogens with two attached hydrogens (primary N) is 1. The van der Waals surface area contributed by atoms with Crippen LogP contribution >= 0.6 is 0 Å². The molecule has 31 heavy (non-hydrogen) atoms. The number of anilines is 1. The Morgan fingerprint density at radius 3 is 2.35 bits per heavy atom. The predicted octanol–water partition coefficient (Wildman–Crippen LogP) is 4.07. The van der Waals surface area contributed by atoms with E-state index < -0.39 is 11.0 Å². The van der Waals surface area contributed by atoms with Gasteiger partial charge in [-0.15, -0.1) is 0 Å².